The summed E-state index contributed by atoms with van der Waals surface area (Å²) in [6.07, 6.45) is 1.18. The summed E-state index contributed by atoms with van der Waals surface area (Å²) < 4.78 is 0. The first-order valence-electron chi connectivity index (χ1n) is 5.91. The average molecular weight is 199 g/mol. The quantitative estimate of drug-likeness (QED) is 0.725. The van der Waals surface area contributed by atoms with E-state index >= 15 is 0 Å². The van der Waals surface area contributed by atoms with Gasteiger partial charge in [0.15, 0.2) is 0 Å². The van der Waals surface area contributed by atoms with Gasteiger partial charge in [-0.25, -0.2) is 0 Å². The van der Waals surface area contributed by atoms with Crippen molar-refractivity contribution >= 4 is 0 Å². The van der Waals surface area contributed by atoms with E-state index in [1.807, 2.05) is 0 Å². The van der Waals surface area contributed by atoms with Crippen molar-refractivity contribution in [2.45, 2.75) is 39.3 Å². The van der Waals surface area contributed by atoms with Crippen molar-refractivity contribution in [1.82, 2.24) is 9.80 Å². The predicted molar refractivity (Wildman–Crippen MR) is 61.4 cm³/mol. The molecule has 1 fully saturated rings. The van der Waals surface area contributed by atoms with Gasteiger partial charge in [-0.05, 0) is 19.9 Å². The van der Waals surface area contributed by atoms with Crippen LogP contribution in [0.25, 0.3) is 0 Å². The van der Waals surface area contributed by atoms with Gasteiger partial charge in [0.2, 0.25) is 0 Å². The van der Waals surface area contributed by atoms with E-state index in [4.69, 9.17) is 5.73 Å². The molecule has 0 aromatic carbocycles. The SMILES string of the molecule is CCC(CN)N1CCN(CC)C(C)C1. The van der Waals surface area contributed by atoms with Gasteiger partial charge in [-0.2, -0.15) is 0 Å². The standard InChI is InChI=1S/C11H25N3/c1-4-11(8-12)14-7-6-13(5-2)10(3)9-14/h10-11H,4-9,12H2,1-3H3. The highest BCUT2D eigenvalue weighted by atomic mass is 15.3. The van der Waals surface area contributed by atoms with Crippen molar-refractivity contribution in [2.24, 2.45) is 5.73 Å². The van der Waals surface area contributed by atoms with Gasteiger partial charge in [-0.3, -0.25) is 9.80 Å². The van der Waals surface area contributed by atoms with Gasteiger partial charge in [-0.15, -0.1) is 0 Å². The lowest BCUT2D eigenvalue weighted by molar-refractivity contribution is 0.0598. The zero-order valence-electron chi connectivity index (χ0n) is 9.87. The van der Waals surface area contributed by atoms with Crippen LogP contribution < -0.4 is 5.73 Å². The molecule has 0 amide bonds. The fourth-order valence-electron chi connectivity index (χ4n) is 2.40. The molecule has 1 aliphatic rings. The van der Waals surface area contributed by atoms with Gasteiger partial charge >= 0.3 is 0 Å². The van der Waals surface area contributed by atoms with E-state index in [0.29, 0.717) is 12.1 Å². The molecule has 0 saturated carbocycles. The number of piperazine rings is 1. The second kappa shape index (κ2) is 5.69. The second-order valence-electron chi connectivity index (χ2n) is 4.27. The number of nitrogens with two attached hydrogens (primary N) is 1. The molecule has 2 atom stereocenters. The first kappa shape index (κ1) is 12.0. The van der Waals surface area contributed by atoms with Gasteiger partial charge < -0.3 is 5.73 Å². The first-order chi connectivity index (χ1) is 6.72. The molecule has 3 heteroatoms. The topological polar surface area (TPSA) is 32.5 Å². The van der Waals surface area contributed by atoms with E-state index in [0.717, 1.165) is 6.54 Å². The van der Waals surface area contributed by atoms with Crippen LogP contribution in [0.2, 0.25) is 0 Å². The maximum atomic E-state index is 5.77. The summed E-state index contributed by atoms with van der Waals surface area (Å²) in [6, 6.07) is 1.28. The zero-order chi connectivity index (χ0) is 10.6. The van der Waals surface area contributed by atoms with Crippen LogP contribution in [0.1, 0.15) is 27.2 Å². The molecule has 2 N–H and O–H groups in total. The van der Waals surface area contributed by atoms with Crippen LogP contribution in [0, 0.1) is 0 Å². The summed E-state index contributed by atoms with van der Waals surface area (Å²) in [7, 11) is 0. The maximum absolute atomic E-state index is 5.77. The van der Waals surface area contributed by atoms with E-state index in [1.165, 1.54) is 32.6 Å². The molecule has 2 unspecified atom stereocenters. The number of nitrogens with zero attached hydrogens (tertiary/aromatic N) is 2. The first-order valence-corrected chi connectivity index (χ1v) is 5.91. The summed E-state index contributed by atoms with van der Waals surface area (Å²) in [5.74, 6) is 0. The number of hydrogen-bond donors (Lipinski definition) is 1. The Morgan fingerprint density at radius 1 is 1.36 bits per heavy atom. The molecule has 0 spiro atoms. The van der Waals surface area contributed by atoms with Gasteiger partial charge in [0.05, 0.1) is 0 Å². The van der Waals surface area contributed by atoms with Crippen LogP contribution in [0.4, 0.5) is 0 Å². The Kier molecular flexibility index (Phi) is 4.85. The zero-order valence-corrected chi connectivity index (χ0v) is 9.87. The molecule has 1 heterocycles. The van der Waals surface area contributed by atoms with Gasteiger partial charge in [0.25, 0.3) is 0 Å². The van der Waals surface area contributed by atoms with Gasteiger partial charge in [0, 0.05) is 38.3 Å². The van der Waals surface area contributed by atoms with Crippen molar-refractivity contribution < 1.29 is 0 Å². The van der Waals surface area contributed by atoms with Crippen molar-refractivity contribution in [1.29, 1.82) is 0 Å². The number of rotatable bonds is 4. The molecule has 0 aromatic rings. The largest absolute Gasteiger partial charge is 0.329 e. The highest BCUT2D eigenvalue weighted by molar-refractivity contribution is 4.82. The minimum atomic E-state index is 0.594. The molecule has 0 aromatic heterocycles. The van der Waals surface area contributed by atoms with Gasteiger partial charge in [-0.1, -0.05) is 13.8 Å². The van der Waals surface area contributed by atoms with E-state index in [2.05, 4.69) is 30.6 Å². The number of likely N-dealkylation sites (N-methyl/N-ethyl adjacent to an activating group) is 1. The van der Waals surface area contributed by atoms with E-state index in [1.54, 1.807) is 0 Å². The van der Waals surface area contributed by atoms with Crippen LogP contribution >= 0.6 is 0 Å². The maximum Gasteiger partial charge on any atom is 0.0216 e. The molecule has 0 radical (unpaired) electrons. The van der Waals surface area contributed by atoms with Gasteiger partial charge in [0.1, 0.15) is 0 Å². The average Bonchev–Trinajstić information content (AvgIpc) is 2.20. The normalized spacial score (nSPS) is 27.9. The molecule has 3 nitrogen and oxygen atoms in total. The summed E-state index contributed by atoms with van der Waals surface area (Å²) >= 11 is 0. The second-order valence-corrected chi connectivity index (χ2v) is 4.27. The minimum Gasteiger partial charge on any atom is -0.329 e. The van der Waals surface area contributed by atoms with E-state index in [9.17, 15) is 0 Å². The third-order valence-corrected chi connectivity index (χ3v) is 3.46. The molecular formula is C11H25N3. The van der Waals surface area contributed by atoms with Crippen molar-refractivity contribution in [2.75, 3.05) is 32.7 Å². The lowest BCUT2D eigenvalue weighted by atomic mass is 10.1. The molecule has 1 aliphatic heterocycles. The summed E-state index contributed by atoms with van der Waals surface area (Å²) in [5, 5.41) is 0. The Labute approximate surface area is 88.2 Å². The third kappa shape index (κ3) is 2.69. The van der Waals surface area contributed by atoms with Crippen LogP contribution in [0.5, 0.6) is 0 Å². The Balaban J connectivity index is 2.44. The van der Waals surface area contributed by atoms with Crippen LogP contribution in [-0.4, -0.2) is 54.6 Å². The highest BCUT2D eigenvalue weighted by Crippen LogP contribution is 2.12. The smallest absolute Gasteiger partial charge is 0.0216 e. The molecular weight excluding hydrogens is 174 g/mol. The van der Waals surface area contributed by atoms with Crippen LogP contribution in [-0.2, 0) is 0 Å². The molecule has 14 heavy (non-hydrogen) atoms. The molecule has 1 saturated heterocycles. The molecule has 84 valence electrons. The Hall–Kier alpha value is -0.120. The minimum absolute atomic E-state index is 0.594. The highest BCUT2D eigenvalue weighted by Gasteiger charge is 2.25. The summed E-state index contributed by atoms with van der Waals surface area (Å²) in [6.45, 7) is 12.3. The fraction of sp³-hybridized carbons (Fsp3) is 1.00. The van der Waals surface area contributed by atoms with Crippen LogP contribution in [0.3, 0.4) is 0 Å². The summed E-state index contributed by atoms with van der Waals surface area (Å²) in [5.41, 5.74) is 5.77. The van der Waals surface area contributed by atoms with E-state index < -0.39 is 0 Å². The number of hydrogen-bond acceptors (Lipinski definition) is 3. The molecule has 0 bridgehead atoms. The Bertz CT molecular complexity index is 157. The third-order valence-electron chi connectivity index (χ3n) is 3.46. The van der Waals surface area contributed by atoms with Crippen LogP contribution in [0.15, 0.2) is 0 Å². The fourth-order valence-corrected chi connectivity index (χ4v) is 2.40. The molecule has 0 aliphatic carbocycles. The van der Waals surface area contributed by atoms with E-state index in [-0.39, 0.29) is 0 Å². The lowest BCUT2D eigenvalue weighted by Gasteiger charge is -2.42. The predicted octanol–water partition coefficient (Wildman–Crippen LogP) is 0.750. The lowest BCUT2D eigenvalue weighted by Crippen LogP contribution is -2.55. The molecule has 1 rings (SSSR count). The summed E-state index contributed by atoms with van der Waals surface area (Å²) in [4.78, 5) is 5.09. The Morgan fingerprint density at radius 3 is 2.50 bits per heavy atom. The van der Waals surface area contributed by atoms with Crippen molar-refractivity contribution in [3.8, 4) is 0 Å². The monoisotopic (exact) mass is 199 g/mol. The Morgan fingerprint density at radius 2 is 2.07 bits per heavy atom. The van der Waals surface area contributed by atoms with Crippen molar-refractivity contribution in [3.63, 3.8) is 0 Å². The van der Waals surface area contributed by atoms with Crippen molar-refractivity contribution in [3.05, 3.63) is 0 Å².